The van der Waals surface area contributed by atoms with Crippen LogP contribution in [-0.4, -0.2) is 45.2 Å². The zero-order chi connectivity index (χ0) is 15.7. The first-order chi connectivity index (χ1) is 10.7. The third kappa shape index (κ3) is 2.45. The fraction of sp³-hybridized carbons (Fsp3) is 0.467. The van der Waals surface area contributed by atoms with Crippen LogP contribution in [0.4, 0.5) is 5.13 Å². The van der Waals surface area contributed by atoms with Gasteiger partial charge in [-0.1, -0.05) is 11.3 Å². The highest BCUT2D eigenvalue weighted by molar-refractivity contribution is 7.22. The smallest absolute Gasteiger partial charge is 0.224 e. The Kier molecular flexibility index (Phi) is 4.06. The van der Waals surface area contributed by atoms with Crippen LogP contribution in [0.2, 0.25) is 0 Å². The lowest BCUT2D eigenvalue weighted by Gasteiger charge is -2.14. The van der Waals surface area contributed by atoms with Gasteiger partial charge >= 0.3 is 0 Å². The molecule has 1 fully saturated rings. The van der Waals surface area contributed by atoms with Gasteiger partial charge < -0.3 is 19.7 Å². The number of anilines is 1. The van der Waals surface area contributed by atoms with Gasteiger partial charge in [-0.2, -0.15) is 0 Å². The molecule has 0 bridgehead atoms. The molecule has 1 amide bonds. The van der Waals surface area contributed by atoms with Crippen molar-refractivity contribution >= 4 is 32.6 Å². The topological polar surface area (TPSA) is 63.7 Å². The Balaban J connectivity index is 1.94. The van der Waals surface area contributed by atoms with E-state index >= 15 is 0 Å². The number of methoxy groups -OCH3 is 2. The number of aromatic nitrogens is 1. The first-order valence-corrected chi connectivity index (χ1v) is 7.97. The summed E-state index contributed by atoms with van der Waals surface area (Å²) in [5.74, 6) is 1.65. The summed E-state index contributed by atoms with van der Waals surface area (Å²) in [5.41, 5.74) is 0.810. The number of carbonyl (C=O) groups is 1. The number of rotatable bonds is 4. The van der Waals surface area contributed by atoms with Crippen LogP contribution in [0.15, 0.2) is 12.1 Å². The number of ether oxygens (including phenoxy) is 2. The molecule has 118 valence electrons. The number of nitrogens with one attached hydrogen (secondary N) is 1. The number of amides is 1. The molecule has 0 spiro atoms. The standard InChI is InChI=1S/C15H19N3O3S/c1-16-14(19)9-6-7-18(8-9)15-17-12-10(20-2)4-5-11(21-3)13(12)22-15/h4-5,9H,6-8H2,1-3H3,(H,16,19). The van der Waals surface area contributed by atoms with Crippen LogP contribution in [0, 0.1) is 5.92 Å². The van der Waals surface area contributed by atoms with Crippen molar-refractivity contribution in [1.29, 1.82) is 0 Å². The molecule has 6 nitrogen and oxygen atoms in total. The van der Waals surface area contributed by atoms with Crippen LogP contribution in [0.5, 0.6) is 11.5 Å². The molecule has 2 aromatic rings. The molecule has 0 aliphatic carbocycles. The van der Waals surface area contributed by atoms with E-state index in [-0.39, 0.29) is 11.8 Å². The van der Waals surface area contributed by atoms with Gasteiger partial charge in [0.2, 0.25) is 5.91 Å². The second kappa shape index (κ2) is 6.00. The summed E-state index contributed by atoms with van der Waals surface area (Å²) in [7, 11) is 4.97. The van der Waals surface area contributed by atoms with E-state index in [1.165, 1.54) is 0 Å². The van der Waals surface area contributed by atoms with Gasteiger partial charge in [0.1, 0.15) is 21.7 Å². The minimum Gasteiger partial charge on any atom is -0.495 e. The number of carbonyl (C=O) groups excluding carboxylic acids is 1. The Hall–Kier alpha value is -2.02. The zero-order valence-electron chi connectivity index (χ0n) is 12.9. The second-order valence-electron chi connectivity index (χ2n) is 5.19. The number of nitrogens with zero attached hydrogens (tertiary/aromatic N) is 2. The molecule has 1 aliphatic heterocycles. The minimum absolute atomic E-state index is 0.0285. The number of hydrogen-bond acceptors (Lipinski definition) is 6. The summed E-state index contributed by atoms with van der Waals surface area (Å²) < 4.78 is 11.8. The van der Waals surface area contributed by atoms with E-state index in [1.807, 2.05) is 12.1 Å². The molecule has 3 rings (SSSR count). The fourth-order valence-electron chi connectivity index (χ4n) is 2.76. The Morgan fingerprint density at radius 2 is 2.09 bits per heavy atom. The van der Waals surface area contributed by atoms with Crippen molar-refractivity contribution < 1.29 is 14.3 Å². The summed E-state index contributed by atoms with van der Waals surface area (Å²) in [6.45, 7) is 1.53. The van der Waals surface area contributed by atoms with Crippen LogP contribution in [0.25, 0.3) is 10.2 Å². The fourth-order valence-corrected chi connectivity index (χ4v) is 3.87. The molecule has 1 unspecified atom stereocenters. The van der Waals surface area contributed by atoms with Crippen molar-refractivity contribution in [2.75, 3.05) is 39.3 Å². The van der Waals surface area contributed by atoms with Crippen molar-refractivity contribution in [3.63, 3.8) is 0 Å². The third-order valence-electron chi connectivity index (χ3n) is 3.97. The molecule has 0 saturated carbocycles. The van der Waals surface area contributed by atoms with Crippen molar-refractivity contribution in [2.24, 2.45) is 5.92 Å². The lowest BCUT2D eigenvalue weighted by molar-refractivity contribution is -0.123. The van der Waals surface area contributed by atoms with Gasteiger partial charge in [0, 0.05) is 20.1 Å². The summed E-state index contributed by atoms with van der Waals surface area (Å²) in [6, 6.07) is 3.75. The van der Waals surface area contributed by atoms with E-state index in [0.717, 1.165) is 39.8 Å². The quantitative estimate of drug-likeness (QED) is 0.931. The monoisotopic (exact) mass is 321 g/mol. The third-order valence-corrected chi connectivity index (χ3v) is 5.11. The first kappa shape index (κ1) is 14.9. The van der Waals surface area contributed by atoms with Crippen molar-refractivity contribution in [3.8, 4) is 11.5 Å². The maximum Gasteiger partial charge on any atom is 0.224 e. The predicted octanol–water partition coefficient (Wildman–Crippen LogP) is 1.89. The van der Waals surface area contributed by atoms with Gasteiger partial charge in [-0.05, 0) is 18.6 Å². The Morgan fingerprint density at radius 1 is 1.36 bits per heavy atom. The van der Waals surface area contributed by atoms with Gasteiger partial charge in [0.05, 0.1) is 20.1 Å². The molecule has 1 atom stereocenters. The van der Waals surface area contributed by atoms with Crippen molar-refractivity contribution in [3.05, 3.63) is 12.1 Å². The van der Waals surface area contributed by atoms with E-state index in [9.17, 15) is 4.79 Å². The molecule has 7 heteroatoms. The van der Waals surface area contributed by atoms with Crippen molar-refractivity contribution in [1.82, 2.24) is 10.3 Å². The predicted molar refractivity (Wildman–Crippen MR) is 87.1 cm³/mol. The maximum absolute atomic E-state index is 11.8. The van der Waals surface area contributed by atoms with Crippen LogP contribution in [-0.2, 0) is 4.79 Å². The Bertz CT molecular complexity index is 660. The van der Waals surface area contributed by atoms with Crippen molar-refractivity contribution in [2.45, 2.75) is 6.42 Å². The van der Waals surface area contributed by atoms with E-state index in [0.29, 0.717) is 6.54 Å². The van der Waals surface area contributed by atoms with Crippen LogP contribution < -0.4 is 19.7 Å². The van der Waals surface area contributed by atoms with E-state index in [1.54, 1.807) is 32.6 Å². The molecule has 1 aliphatic rings. The number of benzene rings is 1. The van der Waals surface area contributed by atoms with E-state index in [4.69, 9.17) is 14.5 Å². The van der Waals surface area contributed by atoms with Gasteiger partial charge in [-0.15, -0.1) is 0 Å². The summed E-state index contributed by atoms with van der Waals surface area (Å²) >= 11 is 1.57. The largest absolute Gasteiger partial charge is 0.495 e. The van der Waals surface area contributed by atoms with Crippen LogP contribution >= 0.6 is 11.3 Å². The Labute approximate surface area is 133 Å². The maximum atomic E-state index is 11.8. The van der Waals surface area contributed by atoms with Gasteiger partial charge in [-0.3, -0.25) is 4.79 Å². The van der Waals surface area contributed by atoms with Crippen LogP contribution in [0.3, 0.4) is 0 Å². The molecule has 22 heavy (non-hydrogen) atoms. The molecule has 1 aromatic heterocycles. The summed E-state index contributed by atoms with van der Waals surface area (Å²) in [4.78, 5) is 18.6. The average Bonchev–Trinajstić information content (AvgIpc) is 3.19. The van der Waals surface area contributed by atoms with Gasteiger partial charge in [0.25, 0.3) is 0 Å². The molecule has 2 heterocycles. The molecule has 1 aromatic carbocycles. The second-order valence-corrected chi connectivity index (χ2v) is 6.17. The highest BCUT2D eigenvalue weighted by Gasteiger charge is 2.30. The SMILES string of the molecule is CNC(=O)C1CCN(c2nc3c(OC)ccc(OC)c3s2)C1. The highest BCUT2D eigenvalue weighted by atomic mass is 32.1. The molecule has 0 radical (unpaired) electrons. The lowest BCUT2D eigenvalue weighted by Crippen LogP contribution is -2.30. The number of fused-ring (bicyclic) bond motifs is 1. The zero-order valence-corrected chi connectivity index (χ0v) is 13.7. The molecular weight excluding hydrogens is 302 g/mol. The minimum atomic E-state index is 0.0285. The van der Waals surface area contributed by atoms with E-state index < -0.39 is 0 Å². The molecular formula is C15H19N3O3S. The van der Waals surface area contributed by atoms with Crippen LogP contribution in [0.1, 0.15) is 6.42 Å². The lowest BCUT2D eigenvalue weighted by atomic mass is 10.1. The molecule has 1 saturated heterocycles. The van der Waals surface area contributed by atoms with E-state index in [2.05, 4.69) is 10.2 Å². The number of thiazole rings is 1. The normalized spacial score (nSPS) is 17.8. The summed E-state index contributed by atoms with van der Waals surface area (Å²) in [6.07, 6.45) is 0.851. The molecule has 1 N–H and O–H groups in total. The van der Waals surface area contributed by atoms with Gasteiger partial charge in [-0.25, -0.2) is 4.98 Å². The first-order valence-electron chi connectivity index (χ1n) is 7.16. The average molecular weight is 321 g/mol. The number of hydrogen-bond donors (Lipinski definition) is 1. The Morgan fingerprint density at radius 3 is 2.77 bits per heavy atom. The van der Waals surface area contributed by atoms with Gasteiger partial charge in [0.15, 0.2) is 5.13 Å². The summed E-state index contributed by atoms with van der Waals surface area (Å²) in [5, 5.41) is 3.63. The highest BCUT2D eigenvalue weighted by Crippen LogP contribution is 2.41.